The second kappa shape index (κ2) is 5.84. The van der Waals surface area contributed by atoms with Crippen molar-refractivity contribution in [3.8, 4) is 0 Å². The van der Waals surface area contributed by atoms with Gasteiger partial charge in [0.25, 0.3) is 0 Å². The van der Waals surface area contributed by atoms with E-state index in [0.29, 0.717) is 6.54 Å². The van der Waals surface area contributed by atoms with Crippen LogP contribution in [0.15, 0.2) is 24.3 Å². The molecule has 1 aliphatic heterocycles. The molecule has 0 saturated carbocycles. The molecule has 0 aliphatic carbocycles. The second-order valence-corrected chi connectivity index (χ2v) is 4.67. The Morgan fingerprint density at radius 2 is 2.17 bits per heavy atom. The average Bonchev–Trinajstić information content (AvgIpc) is 2.79. The van der Waals surface area contributed by atoms with Gasteiger partial charge in [0.15, 0.2) is 0 Å². The van der Waals surface area contributed by atoms with Gasteiger partial charge in [-0.3, -0.25) is 4.90 Å². The van der Waals surface area contributed by atoms with E-state index < -0.39 is 0 Å². The summed E-state index contributed by atoms with van der Waals surface area (Å²) in [6.07, 6.45) is 0.877. The van der Waals surface area contributed by atoms with Crippen LogP contribution in [0.25, 0.3) is 0 Å². The maximum Gasteiger partial charge on any atom is 0.319 e. The van der Waals surface area contributed by atoms with Crippen LogP contribution in [0, 0.1) is 6.92 Å². The number of carbonyl (C=O) groups is 1. The first kappa shape index (κ1) is 12.9. The van der Waals surface area contributed by atoms with Gasteiger partial charge in [0.2, 0.25) is 0 Å². The average molecular weight is 249 g/mol. The summed E-state index contributed by atoms with van der Waals surface area (Å²) in [5, 5.41) is 14.7. The third-order valence-corrected chi connectivity index (χ3v) is 3.12. The number of amides is 2. The van der Waals surface area contributed by atoms with Gasteiger partial charge >= 0.3 is 6.03 Å². The van der Waals surface area contributed by atoms with Gasteiger partial charge in [0.05, 0.1) is 6.73 Å². The molecule has 0 spiro atoms. The second-order valence-electron chi connectivity index (χ2n) is 4.67. The predicted molar refractivity (Wildman–Crippen MR) is 70.4 cm³/mol. The van der Waals surface area contributed by atoms with Crippen molar-refractivity contribution in [1.82, 2.24) is 10.2 Å². The van der Waals surface area contributed by atoms with Crippen molar-refractivity contribution in [2.45, 2.75) is 19.4 Å². The number of likely N-dealkylation sites (tertiary alicyclic amines) is 1. The highest BCUT2D eigenvalue weighted by Gasteiger charge is 2.22. The van der Waals surface area contributed by atoms with Crippen molar-refractivity contribution in [1.29, 1.82) is 0 Å². The monoisotopic (exact) mass is 249 g/mol. The van der Waals surface area contributed by atoms with Crippen LogP contribution < -0.4 is 10.6 Å². The number of aryl methyl sites for hydroxylation is 1. The molecule has 1 fully saturated rings. The maximum absolute atomic E-state index is 11.7. The number of carbonyl (C=O) groups excluding carboxylic acids is 1. The predicted octanol–water partition coefficient (Wildman–Crippen LogP) is 1.14. The summed E-state index contributed by atoms with van der Waals surface area (Å²) in [6, 6.07) is 7.59. The molecule has 2 rings (SSSR count). The van der Waals surface area contributed by atoms with E-state index in [1.807, 2.05) is 36.1 Å². The number of hydrogen-bond acceptors (Lipinski definition) is 3. The van der Waals surface area contributed by atoms with Crippen molar-refractivity contribution in [3.05, 3.63) is 29.8 Å². The molecule has 1 saturated heterocycles. The van der Waals surface area contributed by atoms with E-state index in [-0.39, 0.29) is 18.8 Å². The van der Waals surface area contributed by atoms with Gasteiger partial charge in [-0.1, -0.05) is 17.7 Å². The highest BCUT2D eigenvalue weighted by Crippen LogP contribution is 2.10. The number of hydrogen-bond donors (Lipinski definition) is 3. The highest BCUT2D eigenvalue weighted by molar-refractivity contribution is 5.89. The lowest BCUT2D eigenvalue weighted by Crippen LogP contribution is -2.39. The molecular weight excluding hydrogens is 230 g/mol. The van der Waals surface area contributed by atoms with Crippen LogP contribution in [0.3, 0.4) is 0 Å². The van der Waals surface area contributed by atoms with Gasteiger partial charge in [0.1, 0.15) is 0 Å². The molecule has 2 amide bonds. The number of benzene rings is 1. The van der Waals surface area contributed by atoms with Crippen molar-refractivity contribution < 1.29 is 9.90 Å². The third-order valence-electron chi connectivity index (χ3n) is 3.12. The molecule has 5 heteroatoms. The third kappa shape index (κ3) is 3.45. The van der Waals surface area contributed by atoms with Crippen molar-refractivity contribution in [3.63, 3.8) is 0 Å². The largest absolute Gasteiger partial charge is 0.381 e. The molecule has 0 radical (unpaired) electrons. The first-order valence-corrected chi connectivity index (χ1v) is 6.15. The van der Waals surface area contributed by atoms with Gasteiger partial charge in [-0.25, -0.2) is 4.79 Å². The molecule has 1 aromatic carbocycles. The smallest absolute Gasteiger partial charge is 0.319 e. The molecule has 1 unspecified atom stereocenters. The summed E-state index contributed by atoms with van der Waals surface area (Å²) >= 11 is 0. The SMILES string of the molecule is Cc1ccc(NC(=O)NC2CCN(CO)C2)cc1. The zero-order valence-corrected chi connectivity index (χ0v) is 10.5. The summed E-state index contributed by atoms with van der Waals surface area (Å²) in [5.74, 6) is 0. The summed E-state index contributed by atoms with van der Waals surface area (Å²) in [6.45, 7) is 3.59. The van der Waals surface area contributed by atoms with Crippen LogP contribution in [0.1, 0.15) is 12.0 Å². The van der Waals surface area contributed by atoms with Gasteiger partial charge in [0, 0.05) is 24.8 Å². The van der Waals surface area contributed by atoms with Crippen LogP contribution in [0.4, 0.5) is 10.5 Å². The Morgan fingerprint density at radius 1 is 1.44 bits per heavy atom. The maximum atomic E-state index is 11.7. The summed E-state index contributed by atoms with van der Waals surface area (Å²) in [5.41, 5.74) is 1.95. The molecule has 0 aromatic heterocycles. The molecule has 1 aromatic rings. The van der Waals surface area contributed by atoms with E-state index in [9.17, 15) is 4.79 Å². The molecule has 1 heterocycles. The normalized spacial score (nSPS) is 19.8. The van der Waals surface area contributed by atoms with Gasteiger partial charge < -0.3 is 15.7 Å². The Kier molecular flexibility index (Phi) is 4.17. The quantitative estimate of drug-likeness (QED) is 0.752. The first-order valence-electron chi connectivity index (χ1n) is 6.15. The van der Waals surface area contributed by atoms with Crippen LogP contribution in [0.5, 0.6) is 0 Å². The van der Waals surface area contributed by atoms with E-state index in [2.05, 4.69) is 10.6 Å². The number of aliphatic hydroxyl groups excluding tert-OH is 1. The van der Waals surface area contributed by atoms with E-state index in [4.69, 9.17) is 5.11 Å². The topological polar surface area (TPSA) is 64.6 Å². The standard InChI is InChI=1S/C13H19N3O2/c1-10-2-4-11(5-3-10)14-13(18)15-12-6-7-16(8-12)9-17/h2-5,12,17H,6-9H2,1H3,(H2,14,15,18). The van der Waals surface area contributed by atoms with Crippen LogP contribution in [-0.2, 0) is 0 Å². The summed E-state index contributed by atoms with van der Waals surface area (Å²) < 4.78 is 0. The fraction of sp³-hybridized carbons (Fsp3) is 0.462. The van der Waals surface area contributed by atoms with E-state index in [0.717, 1.165) is 24.2 Å². The van der Waals surface area contributed by atoms with E-state index >= 15 is 0 Å². The molecule has 5 nitrogen and oxygen atoms in total. The number of anilines is 1. The Labute approximate surface area is 107 Å². The Bertz CT molecular complexity index is 405. The lowest BCUT2D eigenvalue weighted by molar-refractivity contribution is 0.129. The van der Waals surface area contributed by atoms with Gasteiger partial charge in [-0.2, -0.15) is 0 Å². The Hall–Kier alpha value is -1.59. The molecule has 1 atom stereocenters. The van der Waals surface area contributed by atoms with Gasteiger partial charge in [-0.05, 0) is 25.5 Å². The lowest BCUT2D eigenvalue weighted by atomic mass is 10.2. The minimum atomic E-state index is -0.191. The number of nitrogens with zero attached hydrogens (tertiary/aromatic N) is 1. The molecule has 98 valence electrons. The number of nitrogens with one attached hydrogen (secondary N) is 2. The highest BCUT2D eigenvalue weighted by atomic mass is 16.3. The lowest BCUT2D eigenvalue weighted by Gasteiger charge is -2.14. The molecule has 3 N–H and O–H groups in total. The minimum Gasteiger partial charge on any atom is -0.381 e. The van der Waals surface area contributed by atoms with Gasteiger partial charge in [-0.15, -0.1) is 0 Å². The minimum absolute atomic E-state index is 0.0533. The Balaban J connectivity index is 1.80. The fourth-order valence-electron chi connectivity index (χ4n) is 2.07. The van der Waals surface area contributed by atoms with E-state index in [1.54, 1.807) is 0 Å². The first-order chi connectivity index (χ1) is 8.67. The molecule has 18 heavy (non-hydrogen) atoms. The fourth-order valence-corrected chi connectivity index (χ4v) is 2.07. The number of rotatable bonds is 3. The van der Waals surface area contributed by atoms with Crippen LogP contribution >= 0.6 is 0 Å². The summed E-state index contributed by atoms with van der Waals surface area (Å²) in [4.78, 5) is 13.6. The molecule has 1 aliphatic rings. The molecular formula is C13H19N3O2. The van der Waals surface area contributed by atoms with E-state index in [1.165, 1.54) is 0 Å². The molecule has 0 bridgehead atoms. The van der Waals surface area contributed by atoms with Crippen molar-refractivity contribution >= 4 is 11.7 Å². The zero-order valence-electron chi connectivity index (χ0n) is 10.5. The summed E-state index contributed by atoms with van der Waals surface area (Å²) in [7, 11) is 0. The van der Waals surface area contributed by atoms with Crippen molar-refractivity contribution in [2.75, 3.05) is 25.1 Å². The van der Waals surface area contributed by atoms with Crippen molar-refractivity contribution in [2.24, 2.45) is 0 Å². The van der Waals surface area contributed by atoms with Crippen LogP contribution in [0.2, 0.25) is 0 Å². The number of aliphatic hydroxyl groups is 1. The Morgan fingerprint density at radius 3 is 2.78 bits per heavy atom. The van der Waals surface area contributed by atoms with Crippen LogP contribution in [-0.4, -0.2) is 41.9 Å². The number of urea groups is 1. The zero-order chi connectivity index (χ0) is 13.0.